The van der Waals surface area contributed by atoms with Gasteiger partial charge in [0.05, 0.1) is 11.9 Å². The van der Waals surface area contributed by atoms with E-state index in [1.54, 1.807) is 7.11 Å². The maximum Gasteiger partial charge on any atom is 0.214 e. The van der Waals surface area contributed by atoms with Gasteiger partial charge in [-0.05, 0) is 12.8 Å². The summed E-state index contributed by atoms with van der Waals surface area (Å²) in [6.45, 7) is 2.51. The first-order chi connectivity index (χ1) is 7.67. The minimum absolute atomic E-state index is 0.161. The van der Waals surface area contributed by atoms with Crippen molar-refractivity contribution >= 4 is 10.0 Å². The molecule has 0 saturated heterocycles. The van der Waals surface area contributed by atoms with Crippen LogP contribution in [-0.4, -0.2) is 47.0 Å². The molecule has 0 aromatic carbocycles. The molecule has 0 unspecified atom stereocenters. The third kappa shape index (κ3) is 4.78. The van der Waals surface area contributed by atoms with Crippen molar-refractivity contribution < 1.29 is 13.2 Å². The van der Waals surface area contributed by atoms with E-state index < -0.39 is 10.0 Å². The largest absolute Gasteiger partial charge is 0.383 e. The summed E-state index contributed by atoms with van der Waals surface area (Å²) >= 11 is 0. The van der Waals surface area contributed by atoms with Crippen LogP contribution in [0.1, 0.15) is 25.7 Å². The second-order valence-corrected chi connectivity index (χ2v) is 6.13. The Bertz CT molecular complexity index is 274. The van der Waals surface area contributed by atoms with Crippen LogP contribution < -0.4 is 10.0 Å². The standard InChI is InChI=1S/C10H22N2O3S/c1-15-9-8-11-6-7-12-16(13,14)10-4-2-3-5-10/h10-12H,2-9H2,1H3. The van der Waals surface area contributed by atoms with E-state index in [0.717, 1.165) is 32.2 Å². The highest BCUT2D eigenvalue weighted by atomic mass is 32.2. The zero-order chi connectivity index (χ0) is 11.9. The van der Waals surface area contributed by atoms with Gasteiger partial charge in [0.1, 0.15) is 0 Å². The summed E-state index contributed by atoms with van der Waals surface area (Å²) in [6.07, 6.45) is 3.70. The molecule has 0 bridgehead atoms. The van der Waals surface area contributed by atoms with Crippen molar-refractivity contribution in [2.24, 2.45) is 0 Å². The molecule has 16 heavy (non-hydrogen) atoms. The second kappa shape index (κ2) is 7.21. The molecule has 0 spiro atoms. The molecular weight excluding hydrogens is 228 g/mol. The number of nitrogens with one attached hydrogen (secondary N) is 2. The van der Waals surface area contributed by atoms with Crippen LogP contribution in [0.2, 0.25) is 0 Å². The van der Waals surface area contributed by atoms with Crippen molar-refractivity contribution in [3.8, 4) is 0 Å². The highest BCUT2D eigenvalue weighted by molar-refractivity contribution is 7.90. The smallest absolute Gasteiger partial charge is 0.214 e. The van der Waals surface area contributed by atoms with E-state index in [0.29, 0.717) is 19.7 Å². The first-order valence-corrected chi connectivity index (χ1v) is 7.39. The van der Waals surface area contributed by atoms with Crippen molar-refractivity contribution in [3.05, 3.63) is 0 Å². The molecule has 1 rings (SSSR count). The average molecular weight is 250 g/mol. The molecule has 1 aliphatic rings. The van der Waals surface area contributed by atoms with Gasteiger partial charge in [-0.3, -0.25) is 0 Å². The Hall–Kier alpha value is -0.170. The third-order valence-corrected chi connectivity index (χ3v) is 4.78. The van der Waals surface area contributed by atoms with Crippen LogP contribution in [0, 0.1) is 0 Å². The van der Waals surface area contributed by atoms with Gasteiger partial charge in [-0.25, -0.2) is 13.1 Å². The van der Waals surface area contributed by atoms with Gasteiger partial charge in [-0.1, -0.05) is 12.8 Å². The summed E-state index contributed by atoms with van der Waals surface area (Å²) in [7, 11) is -1.43. The molecule has 96 valence electrons. The summed E-state index contributed by atoms with van der Waals surface area (Å²) in [6, 6.07) is 0. The highest BCUT2D eigenvalue weighted by Crippen LogP contribution is 2.23. The minimum Gasteiger partial charge on any atom is -0.383 e. The van der Waals surface area contributed by atoms with E-state index in [2.05, 4.69) is 10.0 Å². The number of methoxy groups -OCH3 is 1. The Morgan fingerprint density at radius 3 is 2.50 bits per heavy atom. The van der Waals surface area contributed by atoms with E-state index in [1.807, 2.05) is 0 Å². The molecule has 0 amide bonds. The normalized spacial score (nSPS) is 18.1. The van der Waals surface area contributed by atoms with Gasteiger partial charge in [0, 0.05) is 26.7 Å². The summed E-state index contributed by atoms with van der Waals surface area (Å²) in [4.78, 5) is 0. The van der Waals surface area contributed by atoms with Crippen LogP contribution in [-0.2, 0) is 14.8 Å². The van der Waals surface area contributed by atoms with E-state index in [4.69, 9.17) is 4.74 Å². The number of sulfonamides is 1. The quantitative estimate of drug-likeness (QED) is 0.599. The van der Waals surface area contributed by atoms with Gasteiger partial charge in [0.15, 0.2) is 0 Å². The van der Waals surface area contributed by atoms with Gasteiger partial charge in [-0.15, -0.1) is 0 Å². The Morgan fingerprint density at radius 2 is 1.88 bits per heavy atom. The van der Waals surface area contributed by atoms with E-state index >= 15 is 0 Å². The predicted molar refractivity (Wildman–Crippen MR) is 63.9 cm³/mol. The van der Waals surface area contributed by atoms with Crippen molar-refractivity contribution in [2.75, 3.05) is 33.4 Å². The van der Waals surface area contributed by atoms with Crippen LogP contribution in [0.4, 0.5) is 0 Å². The number of hydrogen-bond acceptors (Lipinski definition) is 4. The zero-order valence-electron chi connectivity index (χ0n) is 9.87. The number of rotatable bonds is 8. The molecule has 2 N–H and O–H groups in total. The molecule has 0 heterocycles. The second-order valence-electron chi connectivity index (χ2n) is 4.09. The minimum atomic E-state index is -3.07. The molecule has 0 aromatic heterocycles. The monoisotopic (exact) mass is 250 g/mol. The van der Waals surface area contributed by atoms with Gasteiger partial charge >= 0.3 is 0 Å². The average Bonchev–Trinajstić information content (AvgIpc) is 2.77. The molecule has 1 saturated carbocycles. The lowest BCUT2D eigenvalue weighted by Gasteiger charge is -2.12. The van der Waals surface area contributed by atoms with Crippen LogP contribution >= 0.6 is 0 Å². The molecular formula is C10H22N2O3S. The first-order valence-electron chi connectivity index (χ1n) is 5.85. The summed E-state index contributed by atoms with van der Waals surface area (Å²) in [5.41, 5.74) is 0. The van der Waals surface area contributed by atoms with E-state index in [9.17, 15) is 8.42 Å². The molecule has 5 nitrogen and oxygen atoms in total. The summed E-state index contributed by atoms with van der Waals surface area (Å²) < 4.78 is 31.0. The van der Waals surface area contributed by atoms with Gasteiger partial charge in [0.2, 0.25) is 10.0 Å². The SMILES string of the molecule is COCCNCCNS(=O)(=O)C1CCCC1. The molecule has 0 aromatic rings. The number of hydrogen-bond donors (Lipinski definition) is 2. The summed E-state index contributed by atoms with van der Waals surface area (Å²) in [5.74, 6) is 0. The van der Waals surface area contributed by atoms with Gasteiger partial charge in [0.25, 0.3) is 0 Å². The lowest BCUT2D eigenvalue weighted by Crippen LogP contribution is -2.37. The molecule has 1 fully saturated rings. The maximum absolute atomic E-state index is 11.8. The van der Waals surface area contributed by atoms with Crippen molar-refractivity contribution in [3.63, 3.8) is 0 Å². The van der Waals surface area contributed by atoms with Crippen LogP contribution in [0.15, 0.2) is 0 Å². The third-order valence-electron chi connectivity index (χ3n) is 2.83. The van der Waals surface area contributed by atoms with Crippen LogP contribution in [0.25, 0.3) is 0 Å². The fraction of sp³-hybridized carbons (Fsp3) is 1.00. The lowest BCUT2D eigenvalue weighted by atomic mass is 10.4. The molecule has 0 radical (unpaired) electrons. The van der Waals surface area contributed by atoms with E-state index in [-0.39, 0.29) is 5.25 Å². The molecule has 6 heteroatoms. The predicted octanol–water partition coefficient (Wildman–Crippen LogP) is 0.0844. The zero-order valence-corrected chi connectivity index (χ0v) is 10.7. The number of ether oxygens (including phenoxy) is 1. The van der Waals surface area contributed by atoms with Crippen molar-refractivity contribution in [1.82, 2.24) is 10.0 Å². The summed E-state index contributed by atoms with van der Waals surface area (Å²) in [5, 5.41) is 2.94. The Kier molecular flexibility index (Phi) is 6.26. The fourth-order valence-corrected chi connectivity index (χ4v) is 3.47. The molecule has 1 aliphatic carbocycles. The Balaban J connectivity index is 2.11. The highest BCUT2D eigenvalue weighted by Gasteiger charge is 2.27. The van der Waals surface area contributed by atoms with Gasteiger partial charge < -0.3 is 10.1 Å². The first kappa shape index (κ1) is 13.9. The fourth-order valence-electron chi connectivity index (χ4n) is 1.90. The van der Waals surface area contributed by atoms with Gasteiger partial charge in [-0.2, -0.15) is 0 Å². The molecule has 0 aliphatic heterocycles. The van der Waals surface area contributed by atoms with Crippen molar-refractivity contribution in [1.29, 1.82) is 0 Å². The topological polar surface area (TPSA) is 67.4 Å². The van der Waals surface area contributed by atoms with Crippen LogP contribution in [0.3, 0.4) is 0 Å². The maximum atomic E-state index is 11.8. The lowest BCUT2D eigenvalue weighted by molar-refractivity contribution is 0.199. The Morgan fingerprint density at radius 1 is 1.19 bits per heavy atom. The van der Waals surface area contributed by atoms with E-state index in [1.165, 1.54) is 0 Å². The van der Waals surface area contributed by atoms with Crippen LogP contribution in [0.5, 0.6) is 0 Å². The van der Waals surface area contributed by atoms with Crippen molar-refractivity contribution in [2.45, 2.75) is 30.9 Å². The molecule has 0 atom stereocenters. The Labute approximate surface area is 98.0 Å².